The molecule has 0 aromatic heterocycles. The number of hydrogen-bond acceptors (Lipinski definition) is 3. The molecule has 0 spiro atoms. The summed E-state index contributed by atoms with van der Waals surface area (Å²) in [4.78, 5) is 0. The van der Waals surface area contributed by atoms with Crippen molar-refractivity contribution in [2.45, 2.75) is 46.0 Å². The lowest BCUT2D eigenvalue weighted by molar-refractivity contribution is 0.468. The molecule has 28 heavy (non-hydrogen) atoms. The topological polar surface area (TPSA) is 60.7 Å². The van der Waals surface area contributed by atoms with Crippen LogP contribution in [0.4, 0.5) is 0 Å². The van der Waals surface area contributed by atoms with Gasteiger partial charge in [0.2, 0.25) is 0 Å². The summed E-state index contributed by atoms with van der Waals surface area (Å²) in [7, 11) is 0. The molecule has 0 bridgehead atoms. The molecule has 0 unspecified atom stereocenters. The molecular weight excluding hydrogens is 348 g/mol. The van der Waals surface area contributed by atoms with E-state index >= 15 is 0 Å². The maximum Gasteiger partial charge on any atom is 0.118 e. The van der Waals surface area contributed by atoms with Crippen molar-refractivity contribution in [1.29, 1.82) is 0 Å². The molecule has 0 fully saturated rings. The molecule has 0 aliphatic carbocycles. The summed E-state index contributed by atoms with van der Waals surface area (Å²) >= 11 is 0. The lowest BCUT2D eigenvalue weighted by Gasteiger charge is -2.22. The van der Waals surface area contributed by atoms with Crippen LogP contribution in [-0.4, -0.2) is 15.3 Å². The molecule has 3 aromatic rings. The molecule has 0 radical (unpaired) electrons. The number of aryl methyl sites for hydroxylation is 3. The highest BCUT2D eigenvalue weighted by molar-refractivity contribution is 5.51. The van der Waals surface area contributed by atoms with Gasteiger partial charge < -0.3 is 15.3 Å². The Kier molecular flexibility index (Phi) is 5.93. The van der Waals surface area contributed by atoms with Crippen molar-refractivity contribution in [2.24, 2.45) is 0 Å². The summed E-state index contributed by atoms with van der Waals surface area (Å²) in [5, 5.41) is 30.4. The molecule has 3 nitrogen and oxygen atoms in total. The van der Waals surface area contributed by atoms with Crippen LogP contribution in [0.15, 0.2) is 54.6 Å². The SMILES string of the molecule is CCc1cc(C(c2ccc(O)c(CC)c2)c2ccc(O)c(CC)c2)ccc1O. The van der Waals surface area contributed by atoms with Gasteiger partial charge in [-0.05, 0) is 70.8 Å². The van der Waals surface area contributed by atoms with Crippen LogP contribution in [-0.2, 0) is 19.3 Å². The van der Waals surface area contributed by atoms with Crippen molar-refractivity contribution >= 4 is 0 Å². The minimum absolute atomic E-state index is 0.0531. The second-order valence-electron chi connectivity index (χ2n) is 7.16. The Morgan fingerprint density at radius 3 is 1.07 bits per heavy atom. The second kappa shape index (κ2) is 8.39. The first-order valence-corrected chi connectivity index (χ1v) is 9.93. The lowest BCUT2D eigenvalue weighted by Crippen LogP contribution is -2.06. The van der Waals surface area contributed by atoms with E-state index in [0.717, 1.165) is 52.6 Å². The van der Waals surface area contributed by atoms with E-state index in [1.165, 1.54) is 0 Å². The molecule has 0 atom stereocenters. The van der Waals surface area contributed by atoms with E-state index < -0.39 is 0 Å². The van der Waals surface area contributed by atoms with Gasteiger partial charge in [-0.25, -0.2) is 0 Å². The molecule has 0 aliphatic rings. The standard InChI is InChI=1S/C25H28O3/c1-4-16-13-19(7-10-22(16)26)25(20-8-11-23(27)17(5-2)14-20)21-9-12-24(28)18(6-3)15-21/h7-15,25-28H,4-6H2,1-3H3. The lowest BCUT2D eigenvalue weighted by atomic mass is 9.82. The quantitative estimate of drug-likeness (QED) is 0.486. The van der Waals surface area contributed by atoms with E-state index in [0.29, 0.717) is 17.2 Å². The van der Waals surface area contributed by atoms with Crippen molar-refractivity contribution in [1.82, 2.24) is 0 Å². The zero-order valence-electron chi connectivity index (χ0n) is 16.7. The Labute approximate surface area is 166 Å². The van der Waals surface area contributed by atoms with Gasteiger partial charge in [-0.3, -0.25) is 0 Å². The van der Waals surface area contributed by atoms with Crippen LogP contribution >= 0.6 is 0 Å². The van der Waals surface area contributed by atoms with E-state index in [4.69, 9.17) is 0 Å². The molecule has 146 valence electrons. The van der Waals surface area contributed by atoms with E-state index in [9.17, 15) is 15.3 Å². The van der Waals surface area contributed by atoms with Crippen molar-refractivity contribution in [2.75, 3.05) is 0 Å². The minimum atomic E-state index is -0.0531. The van der Waals surface area contributed by atoms with Crippen LogP contribution < -0.4 is 0 Å². The monoisotopic (exact) mass is 376 g/mol. The smallest absolute Gasteiger partial charge is 0.118 e. The zero-order chi connectivity index (χ0) is 20.3. The van der Waals surface area contributed by atoms with Gasteiger partial charge in [0.25, 0.3) is 0 Å². The highest BCUT2D eigenvalue weighted by atomic mass is 16.3. The molecule has 0 amide bonds. The van der Waals surface area contributed by atoms with Gasteiger partial charge in [-0.1, -0.05) is 57.2 Å². The Balaban J connectivity index is 2.22. The molecule has 0 heterocycles. The third-order valence-electron chi connectivity index (χ3n) is 5.45. The normalized spacial score (nSPS) is 11.1. The molecule has 0 saturated heterocycles. The number of aromatic hydroxyl groups is 3. The third-order valence-corrected chi connectivity index (χ3v) is 5.45. The van der Waals surface area contributed by atoms with Crippen LogP contribution in [0.5, 0.6) is 17.2 Å². The number of benzene rings is 3. The minimum Gasteiger partial charge on any atom is -0.508 e. The van der Waals surface area contributed by atoms with Crippen LogP contribution in [0.3, 0.4) is 0 Å². The van der Waals surface area contributed by atoms with Crippen molar-refractivity contribution < 1.29 is 15.3 Å². The van der Waals surface area contributed by atoms with E-state index in [-0.39, 0.29) is 5.92 Å². The maximum atomic E-state index is 10.1. The van der Waals surface area contributed by atoms with Crippen molar-refractivity contribution in [3.05, 3.63) is 88.0 Å². The first-order valence-electron chi connectivity index (χ1n) is 9.93. The summed E-state index contributed by atoms with van der Waals surface area (Å²) in [5.41, 5.74) is 5.96. The predicted octanol–water partition coefficient (Wildman–Crippen LogP) is 5.67. The summed E-state index contributed by atoms with van der Waals surface area (Å²) in [6.45, 7) is 6.08. The van der Waals surface area contributed by atoms with Crippen LogP contribution in [0, 0.1) is 0 Å². The highest BCUT2D eigenvalue weighted by Gasteiger charge is 2.20. The second-order valence-corrected chi connectivity index (χ2v) is 7.16. The van der Waals surface area contributed by atoms with Gasteiger partial charge in [0.1, 0.15) is 17.2 Å². The van der Waals surface area contributed by atoms with Gasteiger partial charge in [0.05, 0.1) is 0 Å². The number of phenolic OH excluding ortho intramolecular Hbond substituents is 3. The van der Waals surface area contributed by atoms with Gasteiger partial charge in [-0.15, -0.1) is 0 Å². The molecule has 3 rings (SSSR count). The van der Waals surface area contributed by atoms with Crippen LogP contribution in [0.2, 0.25) is 0 Å². The third kappa shape index (κ3) is 3.84. The average Bonchev–Trinajstić information content (AvgIpc) is 2.71. The Morgan fingerprint density at radius 2 is 0.821 bits per heavy atom. The first kappa shape index (κ1) is 19.8. The fourth-order valence-electron chi connectivity index (χ4n) is 3.78. The highest BCUT2D eigenvalue weighted by Crippen LogP contribution is 2.37. The molecule has 0 aliphatic heterocycles. The van der Waals surface area contributed by atoms with Gasteiger partial charge in [-0.2, -0.15) is 0 Å². The van der Waals surface area contributed by atoms with Crippen LogP contribution in [0.1, 0.15) is 60.1 Å². The van der Waals surface area contributed by atoms with E-state index in [2.05, 4.69) is 18.2 Å². The van der Waals surface area contributed by atoms with E-state index in [1.54, 1.807) is 18.2 Å². The van der Waals surface area contributed by atoms with Gasteiger partial charge >= 0.3 is 0 Å². The van der Waals surface area contributed by atoms with Gasteiger partial charge in [0, 0.05) is 5.92 Å². The molecule has 0 saturated carbocycles. The largest absolute Gasteiger partial charge is 0.508 e. The first-order chi connectivity index (χ1) is 13.5. The molecule has 3 heteroatoms. The number of rotatable bonds is 6. The Bertz CT molecular complexity index is 848. The molecule has 3 N–H and O–H groups in total. The summed E-state index contributed by atoms with van der Waals surface area (Å²) in [6, 6.07) is 17.3. The zero-order valence-corrected chi connectivity index (χ0v) is 16.7. The molecule has 3 aromatic carbocycles. The Morgan fingerprint density at radius 1 is 0.536 bits per heavy atom. The fourth-order valence-corrected chi connectivity index (χ4v) is 3.78. The number of phenols is 3. The summed E-state index contributed by atoms with van der Waals surface area (Å²) in [6.07, 6.45) is 2.24. The average molecular weight is 376 g/mol. The fraction of sp³-hybridized carbons (Fsp3) is 0.280. The summed E-state index contributed by atoms with van der Waals surface area (Å²) < 4.78 is 0. The van der Waals surface area contributed by atoms with Crippen LogP contribution in [0.25, 0.3) is 0 Å². The van der Waals surface area contributed by atoms with Gasteiger partial charge in [0.15, 0.2) is 0 Å². The molecular formula is C25H28O3. The number of hydrogen-bond donors (Lipinski definition) is 3. The maximum absolute atomic E-state index is 10.1. The van der Waals surface area contributed by atoms with Crippen molar-refractivity contribution in [3.8, 4) is 17.2 Å². The van der Waals surface area contributed by atoms with Crippen molar-refractivity contribution in [3.63, 3.8) is 0 Å². The predicted molar refractivity (Wildman–Crippen MR) is 113 cm³/mol. The summed E-state index contributed by atoms with van der Waals surface area (Å²) in [5.74, 6) is 0.877. The Hall–Kier alpha value is -2.94. The van der Waals surface area contributed by atoms with E-state index in [1.807, 2.05) is 39.0 Å².